The van der Waals surface area contributed by atoms with Crippen molar-refractivity contribution in [3.63, 3.8) is 0 Å². The fraction of sp³-hybridized carbons (Fsp3) is 0.267. The van der Waals surface area contributed by atoms with Crippen LogP contribution in [0.15, 0.2) is 5.11 Å². The molecule has 1 atom stereocenters. The van der Waals surface area contributed by atoms with Gasteiger partial charge in [0, 0.05) is 4.91 Å². The number of terminal acetylenes is 2. The van der Waals surface area contributed by atoms with Crippen LogP contribution in [0.4, 0.5) is 0 Å². The molecule has 0 bridgehead atoms. The van der Waals surface area contributed by atoms with Crippen molar-refractivity contribution in [1.82, 2.24) is 0 Å². The van der Waals surface area contributed by atoms with Crippen LogP contribution < -0.4 is 0 Å². The van der Waals surface area contributed by atoms with E-state index in [-0.39, 0.29) is 6.61 Å². The summed E-state index contributed by atoms with van der Waals surface area (Å²) >= 11 is 0. The number of aliphatic hydroxyl groups excluding tert-OH is 1. The number of carbonyl (C=O) groups is 1. The predicted octanol–water partition coefficient (Wildman–Crippen LogP) is 0.484. The van der Waals surface area contributed by atoms with Crippen molar-refractivity contribution >= 4 is 5.97 Å². The number of hydrogen-bond acceptors (Lipinski definition) is 4. The lowest BCUT2D eigenvalue weighted by Crippen LogP contribution is -2.24. The van der Waals surface area contributed by atoms with E-state index in [2.05, 4.69) is 62.1 Å². The third-order valence-electron chi connectivity index (χ3n) is 1.38. The molecule has 0 heterocycles. The van der Waals surface area contributed by atoms with Crippen LogP contribution in [0.3, 0.4) is 0 Å². The maximum absolute atomic E-state index is 10.7. The quantitative estimate of drug-likeness (QED) is 0.267. The molecule has 0 aromatic carbocycles. The number of esters is 1. The monoisotopic (exact) mass is 281 g/mol. The minimum absolute atomic E-state index is 0.205. The van der Waals surface area contributed by atoms with E-state index in [1.165, 1.54) is 0 Å². The zero-order chi connectivity index (χ0) is 16.3. The van der Waals surface area contributed by atoms with E-state index in [0.29, 0.717) is 0 Å². The molecule has 6 heteroatoms. The first kappa shape index (κ1) is 19.9. The molecule has 6 nitrogen and oxygen atoms in total. The van der Waals surface area contributed by atoms with Gasteiger partial charge in [-0.15, -0.1) is 12.8 Å². The molecule has 104 valence electrons. The second-order valence-electron chi connectivity index (χ2n) is 2.69. The van der Waals surface area contributed by atoms with E-state index >= 15 is 0 Å². The topological polar surface area (TPSA) is 95.3 Å². The number of ether oxygens (including phenoxy) is 1. The molecular weight excluding hydrogens is 270 g/mol. The van der Waals surface area contributed by atoms with E-state index in [1.807, 2.05) is 0 Å². The van der Waals surface area contributed by atoms with Gasteiger partial charge in [0.15, 0.2) is 6.04 Å². The lowest BCUT2D eigenvalue weighted by atomic mass is 10.3. The molecule has 0 saturated heterocycles. The first-order chi connectivity index (χ1) is 10.2. The van der Waals surface area contributed by atoms with Crippen LogP contribution in [-0.2, 0) is 9.53 Å². The highest BCUT2D eigenvalue weighted by molar-refractivity contribution is 5.76. The van der Waals surface area contributed by atoms with Crippen LogP contribution in [0.5, 0.6) is 0 Å². The van der Waals surface area contributed by atoms with Gasteiger partial charge in [-0.1, -0.05) is 5.11 Å². The summed E-state index contributed by atoms with van der Waals surface area (Å²) in [6.45, 7) is 1.31. The Kier molecular flexibility index (Phi) is 15.7. The third kappa shape index (κ3) is 14.5. The number of carbonyl (C=O) groups excluding carboxylic acids is 1. The molecular formula is C15H11N3O3. The SMILES string of the molecule is C#CC#CC#CC#CC#C.CCOC(=O)[C@H](CO)N=[N+]=[N-]. The number of azide groups is 1. The molecule has 0 spiro atoms. The highest BCUT2D eigenvalue weighted by atomic mass is 16.5. The second-order valence-corrected chi connectivity index (χ2v) is 2.69. The van der Waals surface area contributed by atoms with Gasteiger partial charge in [0.25, 0.3) is 0 Å². The van der Waals surface area contributed by atoms with Crippen LogP contribution >= 0.6 is 0 Å². The zero-order valence-electron chi connectivity index (χ0n) is 11.3. The largest absolute Gasteiger partial charge is 0.466 e. The van der Waals surface area contributed by atoms with Gasteiger partial charge in [-0.3, -0.25) is 4.79 Å². The average Bonchev–Trinajstić information content (AvgIpc) is 2.49. The normalized spacial score (nSPS) is 7.62. The molecule has 0 fully saturated rings. The maximum Gasteiger partial charge on any atom is 0.317 e. The molecule has 0 radical (unpaired) electrons. The first-order valence-corrected chi connectivity index (χ1v) is 5.40. The van der Waals surface area contributed by atoms with Crippen molar-refractivity contribution in [1.29, 1.82) is 0 Å². The lowest BCUT2D eigenvalue weighted by molar-refractivity contribution is -0.145. The Morgan fingerprint density at radius 2 is 1.71 bits per heavy atom. The molecule has 0 aromatic heterocycles. The lowest BCUT2D eigenvalue weighted by Gasteiger charge is -2.05. The molecule has 0 aliphatic rings. The van der Waals surface area contributed by atoms with Crippen LogP contribution in [-0.4, -0.2) is 30.3 Å². The van der Waals surface area contributed by atoms with Gasteiger partial charge in [-0.2, -0.15) is 0 Å². The summed E-state index contributed by atoms with van der Waals surface area (Å²) in [6.07, 6.45) is 9.62. The third-order valence-corrected chi connectivity index (χ3v) is 1.38. The van der Waals surface area contributed by atoms with Gasteiger partial charge in [0.05, 0.1) is 13.2 Å². The molecule has 0 unspecified atom stereocenters. The molecule has 0 rings (SSSR count). The fourth-order valence-electron chi connectivity index (χ4n) is 0.656. The van der Waals surface area contributed by atoms with E-state index in [9.17, 15) is 4.79 Å². The molecule has 1 N–H and O–H groups in total. The van der Waals surface area contributed by atoms with Gasteiger partial charge in [-0.05, 0) is 59.8 Å². The highest BCUT2D eigenvalue weighted by Gasteiger charge is 2.15. The minimum atomic E-state index is -1.11. The van der Waals surface area contributed by atoms with E-state index in [0.717, 1.165) is 0 Å². The Hall–Kier alpha value is -3.46. The van der Waals surface area contributed by atoms with Crippen molar-refractivity contribution in [2.75, 3.05) is 13.2 Å². The van der Waals surface area contributed by atoms with Crippen LogP contribution in [0, 0.1) is 60.2 Å². The Balaban J connectivity index is 0. The van der Waals surface area contributed by atoms with Gasteiger partial charge in [0.2, 0.25) is 0 Å². The smallest absolute Gasteiger partial charge is 0.317 e. The van der Waals surface area contributed by atoms with Gasteiger partial charge in [0.1, 0.15) is 0 Å². The number of hydrogen-bond donors (Lipinski definition) is 1. The number of rotatable bonds is 4. The predicted molar refractivity (Wildman–Crippen MR) is 77.6 cm³/mol. The summed E-state index contributed by atoms with van der Waals surface area (Å²) in [5.74, 6) is 17.7. The Morgan fingerprint density at radius 3 is 2.05 bits per heavy atom. The van der Waals surface area contributed by atoms with Gasteiger partial charge in [-0.25, -0.2) is 0 Å². The summed E-state index contributed by atoms with van der Waals surface area (Å²) in [5, 5.41) is 11.5. The summed E-state index contributed by atoms with van der Waals surface area (Å²) in [5.41, 5.74) is 7.92. The summed E-state index contributed by atoms with van der Waals surface area (Å²) in [6, 6.07) is -1.11. The molecule has 0 amide bonds. The van der Waals surface area contributed by atoms with E-state index in [4.69, 9.17) is 23.5 Å². The van der Waals surface area contributed by atoms with Crippen molar-refractivity contribution in [2.45, 2.75) is 13.0 Å². The van der Waals surface area contributed by atoms with Crippen molar-refractivity contribution in [3.8, 4) is 60.2 Å². The number of nitrogens with zero attached hydrogens (tertiary/aromatic N) is 3. The van der Waals surface area contributed by atoms with E-state index in [1.54, 1.807) is 6.92 Å². The zero-order valence-corrected chi connectivity index (χ0v) is 11.3. The van der Waals surface area contributed by atoms with Crippen molar-refractivity contribution < 1.29 is 14.6 Å². The second kappa shape index (κ2) is 16.5. The van der Waals surface area contributed by atoms with Crippen LogP contribution in [0.1, 0.15) is 6.92 Å². The average molecular weight is 281 g/mol. The molecule has 0 aliphatic carbocycles. The summed E-state index contributed by atoms with van der Waals surface area (Å²) < 4.78 is 4.48. The van der Waals surface area contributed by atoms with Crippen molar-refractivity contribution in [2.24, 2.45) is 5.11 Å². The molecule has 0 saturated carbocycles. The summed E-state index contributed by atoms with van der Waals surface area (Å²) in [4.78, 5) is 13.1. The molecule has 0 aromatic rings. The first-order valence-electron chi connectivity index (χ1n) is 5.40. The van der Waals surface area contributed by atoms with Gasteiger partial charge >= 0.3 is 5.97 Å². The Morgan fingerprint density at radius 1 is 1.24 bits per heavy atom. The van der Waals surface area contributed by atoms with Crippen LogP contribution in [0.2, 0.25) is 0 Å². The summed E-state index contributed by atoms with van der Waals surface area (Å²) in [7, 11) is 0. The standard InChI is InChI=1S/C10H2.C5H9N3O3/c1-3-5-7-9-10-8-6-4-2;1-2-11-5(10)4(3-9)7-8-6/h1-2H;4,9H,2-3H2,1H3/t;4-/m.0/s1. The fourth-order valence-corrected chi connectivity index (χ4v) is 0.656. The van der Waals surface area contributed by atoms with Crippen molar-refractivity contribution in [3.05, 3.63) is 10.4 Å². The van der Waals surface area contributed by atoms with Gasteiger partial charge < -0.3 is 9.84 Å². The number of aliphatic hydroxyl groups is 1. The Bertz CT molecular complexity index is 606. The molecule has 21 heavy (non-hydrogen) atoms. The molecule has 0 aliphatic heterocycles. The van der Waals surface area contributed by atoms with E-state index < -0.39 is 18.6 Å². The van der Waals surface area contributed by atoms with Crippen LogP contribution in [0.25, 0.3) is 10.4 Å². The highest BCUT2D eigenvalue weighted by Crippen LogP contribution is 1.94. The minimum Gasteiger partial charge on any atom is -0.466 e. The Labute approximate surface area is 123 Å². The maximum atomic E-state index is 10.7.